The third-order valence-electron chi connectivity index (χ3n) is 3.96. The predicted molar refractivity (Wildman–Crippen MR) is 121 cm³/mol. The number of carbonyl (C=O) groups is 3. The van der Waals surface area contributed by atoms with Gasteiger partial charge in [-0.25, -0.2) is 9.59 Å². The topological polar surface area (TPSA) is 107 Å². The molecule has 1 heterocycles. The summed E-state index contributed by atoms with van der Waals surface area (Å²) in [6, 6.07) is 9.03. The molecule has 0 saturated heterocycles. The Balaban J connectivity index is 2.11. The molecule has 0 aliphatic carbocycles. The third kappa shape index (κ3) is 8.75. The van der Waals surface area contributed by atoms with Gasteiger partial charge in [0.1, 0.15) is 17.2 Å². The summed E-state index contributed by atoms with van der Waals surface area (Å²) in [5, 5.41) is 5.39. The highest BCUT2D eigenvalue weighted by Gasteiger charge is 2.25. The molecule has 2 rings (SSSR count). The smallest absolute Gasteiger partial charge is 0.408 e. The molecule has 1 aromatic heterocycles. The van der Waals surface area contributed by atoms with Crippen LogP contribution in [0.25, 0.3) is 0 Å². The van der Waals surface area contributed by atoms with Crippen LogP contribution in [-0.2, 0) is 20.7 Å². The Bertz CT molecular complexity index is 929. The van der Waals surface area contributed by atoms with Crippen molar-refractivity contribution >= 4 is 23.7 Å². The summed E-state index contributed by atoms with van der Waals surface area (Å²) in [4.78, 5) is 41.4. The summed E-state index contributed by atoms with van der Waals surface area (Å²) in [5.41, 5.74) is 0.332. The zero-order valence-corrected chi connectivity index (χ0v) is 19.4. The number of esters is 1. The quantitative estimate of drug-likeness (QED) is 0.654. The Hall–Kier alpha value is -3.42. The molecule has 2 amide bonds. The fraction of sp³-hybridized carbons (Fsp3) is 0.417. The second-order valence-electron chi connectivity index (χ2n) is 9.33. The lowest BCUT2D eigenvalue weighted by Crippen LogP contribution is -2.47. The lowest BCUT2D eigenvalue weighted by atomic mass is 10.1. The molecular formula is C24H31N3O5. The van der Waals surface area contributed by atoms with E-state index in [0.717, 1.165) is 5.56 Å². The maximum Gasteiger partial charge on any atom is 0.408 e. The van der Waals surface area contributed by atoms with E-state index in [2.05, 4.69) is 15.6 Å². The van der Waals surface area contributed by atoms with Crippen LogP contribution in [-0.4, -0.2) is 40.2 Å². The first-order valence-corrected chi connectivity index (χ1v) is 10.3. The van der Waals surface area contributed by atoms with Crippen LogP contribution in [0.3, 0.4) is 0 Å². The van der Waals surface area contributed by atoms with Gasteiger partial charge in [0, 0.05) is 24.5 Å². The fourth-order valence-corrected chi connectivity index (χ4v) is 2.67. The van der Waals surface area contributed by atoms with Gasteiger partial charge in [0.2, 0.25) is 5.91 Å². The van der Waals surface area contributed by atoms with Crippen molar-refractivity contribution in [3.8, 4) is 0 Å². The maximum atomic E-state index is 12.9. The number of hydrogen-bond acceptors (Lipinski definition) is 6. The molecule has 172 valence electrons. The van der Waals surface area contributed by atoms with Crippen molar-refractivity contribution in [3.63, 3.8) is 0 Å². The molecule has 32 heavy (non-hydrogen) atoms. The van der Waals surface area contributed by atoms with E-state index in [1.807, 2.05) is 6.07 Å². The van der Waals surface area contributed by atoms with Gasteiger partial charge in [-0.2, -0.15) is 0 Å². The highest BCUT2D eigenvalue weighted by molar-refractivity contribution is 5.97. The predicted octanol–water partition coefficient (Wildman–Crippen LogP) is 4.11. The molecule has 0 radical (unpaired) electrons. The van der Waals surface area contributed by atoms with Crippen LogP contribution < -0.4 is 10.6 Å². The van der Waals surface area contributed by atoms with Crippen molar-refractivity contribution in [3.05, 3.63) is 59.9 Å². The monoisotopic (exact) mass is 441 g/mol. The molecule has 1 atom stereocenters. The number of rotatable bonds is 6. The summed E-state index contributed by atoms with van der Waals surface area (Å²) >= 11 is 0. The van der Waals surface area contributed by atoms with Crippen LogP contribution >= 0.6 is 0 Å². The van der Waals surface area contributed by atoms with E-state index in [-0.39, 0.29) is 6.42 Å². The summed E-state index contributed by atoms with van der Waals surface area (Å²) in [6.45, 7) is 10.6. The standard InChI is InChI=1S/C24H31N3O5/c1-23(2,3)31-21(29)17-9-11-18(12-10-17)26-20(28)19(14-16-8-7-13-25-15-16)27-22(30)32-24(4,5)6/h7-13,15,19H,14H2,1-6H3,(H,26,28)(H,27,30). The van der Waals surface area contributed by atoms with Crippen molar-refractivity contribution in [2.45, 2.75) is 65.2 Å². The molecule has 0 spiro atoms. The lowest BCUT2D eigenvalue weighted by molar-refractivity contribution is -0.118. The van der Waals surface area contributed by atoms with Crippen LogP contribution in [0, 0.1) is 0 Å². The number of aromatic nitrogens is 1. The zero-order valence-electron chi connectivity index (χ0n) is 19.4. The van der Waals surface area contributed by atoms with Crippen molar-refractivity contribution in [2.24, 2.45) is 0 Å². The minimum atomic E-state index is -0.889. The number of alkyl carbamates (subject to hydrolysis) is 1. The van der Waals surface area contributed by atoms with Crippen molar-refractivity contribution in [1.29, 1.82) is 0 Å². The second kappa shape index (κ2) is 10.3. The Morgan fingerprint density at radius 1 is 0.938 bits per heavy atom. The third-order valence-corrected chi connectivity index (χ3v) is 3.96. The fourth-order valence-electron chi connectivity index (χ4n) is 2.67. The minimum Gasteiger partial charge on any atom is -0.456 e. The molecule has 0 bridgehead atoms. The van der Waals surface area contributed by atoms with E-state index < -0.39 is 35.2 Å². The van der Waals surface area contributed by atoms with Gasteiger partial charge in [0.05, 0.1) is 5.56 Å². The molecular weight excluding hydrogens is 410 g/mol. The number of nitrogens with one attached hydrogen (secondary N) is 2. The average molecular weight is 442 g/mol. The van der Waals surface area contributed by atoms with Gasteiger partial charge in [-0.05, 0) is 77.4 Å². The number of amides is 2. The van der Waals surface area contributed by atoms with E-state index in [0.29, 0.717) is 11.3 Å². The number of nitrogens with zero attached hydrogens (tertiary/aromatic N) is 1. The first-order chi connectivity index (χ1) is 14.8. The van der Waals surface area contributed by atoms with E-state index in [9.17, 15) is 14.4 Å². The normalized spacial score (nSPS) is 12.4. The van der Waals surface area contributed by atoms with Crippen molar-refractivity contribution in [2.75, 3.05) is 5.32 Å². The van der Waals surface area contributed by atoms with Gasteiger partial charge < -0.3 is 20.1 Å². The molecule has 8 heteroatoms. The Kier molecular flexibility index (Phi) is 7.97. The van der Waals surface area contributed by atoms with Crippen LogP contribution in [0.15, 0.2) is 48.8 Å². The number of ether oxygens (including phenoxy) is 2. The summed E-state index contributed by atoms with van der Waals surface area (Å²) < 4.78 is 10.6. The van der Waals surface area contributed by atoms with Gasteiger partial charge in [0.25, 0.3) is 0 Å². The van der Waals surface area contributed by atoms with Gasteiger partial charge in [-0.3, -0.25) is 9.78 Å². The largest absolute Gasteiger partial charge is 0.456 e. The molecule has 0 saturated carbocycles. The van der Waals surface area contributed by atoms with Gasteiger partial charge >= 0.3 is 12.1 Å². The number of anilines is 1. The summed E-state index contributed by atoms with van der Waals surface area (Å²) in [5.74, 6) is -0.874. The van der Waals surface area contributed by atoms with Gasteiger partial charge in [0.15, 0.2) is 0 Å². The number of hydrogen-bond donors (Lipinski definition) is 2. The molecule has 0 aliphatic rings. The highest BCUT2D eigenvalue weighted by Crippen LogP contribution is 2.16. The molecule has 1 aromatic carbocycles. The molecule has 0 aliphatic heterocycles. The first-order valence-electron chi connectivity index (χ1n) is 10.3. The van der Waals surface area contributed by atoms with Gasteiger partial charge in [-0.1, -0.05) is 6.07 Å². The molecule has 8 nitrogen and oxygen atoms in total. The van der Waals surface area contributed by atoms with Gasteiger partial charge in [-0.15, -0.1) is 0 Å². The van der Waals surface area contributed by atoms with Crippen LogP contribution in [0.2, 0.25) is 0 Å². The Labute approximate surface area is 188 Å². The average Bonchev–Trinajstić information content (AvgIpc) is 2.66. The number of benzene rings is 1. The zero-order chi connectivity index (χ0) is 23.9. The van der Waals surface area contributed by atoms with Crippen LogP contribution in [0.5, 0.6) is 0 Å². The minimum absolute atomic E-state index is 0.231. The summed E-state index contributed by atoms with van der Waals surface area (Å²) in [7, 11) is 0. The SMILES string of the molecule is CC(C)(C)OC(=O)NC(Cc1cccnc1)C(=O)Nc1ccc(C(=O)OC(C)(C)C)cc1. The lowest BCUT2D eigenvalue weighted by Gasteiger charge is -2.23. The van der Waals surface area contributed by atoms with E-state index in [1.165, 1.54) is 0 Å². The maximum absolute atomic E-state index is 12.9. The van der Waals surface area contributed by atoms with Crippen molar-refractivity contribution < 1.29 is 23.9 Å². The Morgan fingerprint density at radius 2 is 1.56 bits per heavy atom. The molecule has 0 fully saturated rings. The number of pyridine rings is 1. The van der Waals surface area contributed by atoms with Crippen LogP contribution in [0.1, 0.15) is 57.5 Å². The Morgan fingerprint density at radius 3 is 2.09 bits per heavy atom. The molecule has 2 aromatic rings. The molecule has 2 N–H and O–H groups in total. The first kappa shape index (κ1) is 24.8. The van der Waals surface area contributed by atoms with Crippen molar-refractivity contribution in [1.82, 2.24) is 10.3 Å². The van der Waals surface area contributed by atoms with E-state index >= 15 is 0 Å². The summed E-state index contributed by atoms with van der Waals surface area (Å²) in [6.07, 6.45) is 2.80. The second-order valence-corrected chi connectivity index (χ2v) is 9.33. The van der Waals surface area contributed by atoms with E-state index in [1.54, 1.807) is 84.3 Å². The highest BCUT2D eigenvalue weighted by atomic mass is 16.6. The number of carbonyl (C=O) groups excluding carboxylic acids is 3. The van der Waals surface area contributed by atoms with Crippen LogP contribution in [0.4, 0.5) is 10.5 Å². The van der Waals surface area contributed by atoms with E-state index in [4.69, 9.17) is 9.47 Å². The molecule has 1 unspecified atom stereocenters.